The molecular weight excluding hydrogens is 590 g/mol. The standard InChI is InChI=1S/C27H27Br2N3O4/c1-17-4-5-18(2)23(12-17)31-25(33)10-11-26(34)32-30-15-20-13-22(29)27(24(14-20)35-3)36-16-19-6-8-21(28)9-7-19/h4-9,12-15H,10-11,16H2,1-3H3,(H,31,33)(H,32,34). The monoisotopic (exact) mass is 615 g/mol. The maximum atomic E-state index is 12.2. The van der Waals surface area contributed by atoms with E-state index in [2.05, 4.69) is 47.7 Å². The van der Waals surface area contributed by atoms with Crippen molar-refractivity contribution in [2.24, 2.45) is 5.10 Å². The van der Waals surface area contributed by atoms with Gasteiger partial charge in [0.15, 0.2) is 11.5 Å². The topological polar surface area (TPSA) is 89.0 Å². The van der Waals surface area contributed by atoms with E-state index in [-0.39, 0.29) is 24.7 Å². The second-order valence-electron chi connectivity index (χ2n) is 8.11. The summed E-state index contributed by atoms with van der Waals surface area (Å²) in [5.74, 6) is 0.506. The Morgan fingerprint density at radius 3 is 2.42 bits per heavy atom. The second-order valence-corrected chi connectivity index (χ2v) is 9.88. The number of hydrogen-bond acceptors (Lipinski definition) is 5. The Morgan fingerprint density at radius 1 is 0.972 bits per heavy atom. The molecule has 0 radical (unpaired) electrons. The maximum absolute atomic E-state index is 12.2. The lowest BCUT2D eigenvalue weighted by molar-refractivity contribution is -0.124. The van der Waals surface area contributed by atoms with Gasteiger partial charge in [-0.05, 0) is 82.4 Å². The first kappa shape index (κ1) is 27.4. The van der Waals surface area contributed by atoms with Crippen molar-refractivity contribution in [1.29, 1.82) is 0 Å². The minimum atomic E-state index is -0.358. The molecule has 0 spiro atoms. The smallest absolute Gasteiger partial charge is 0.240 e. The van der Waals surface area contributed by atoms with Crippen LogP contribution in [0.4, 0.5) is 5.69 Å². The van der Waals surface area contributed by atoms with Gasteiger partial charge in [0.1, 0.15) is 6.61 Å². The molecule has 7 nitrogen and oxygen atoms in total. The van der Waals surface area contributed by atoms with Gasteiger partial charge >= 0.3 is 0 Å². The van der Waals surface area contributed by atoms with Crippen molar-refractivity contribution in [1.82, 2.24) is 5.43 Å². The number of carbonyl (C=O) groups is 2. The normalized spacial score (nSPS) is 10.8. The molecule has 188 valence electrons. The van der Waals surface area contributed by atoms with Gasteiger partial charge in [-0.1, -0.05) is 40.2 Å². The number of benzene rings is 3. The molecule has 2 amide bonds. The van der Waals surface area contributed by atoms with E-state index in [1.54, 1.807) is 13.2 Å². The minimum Gasteiger partial charge on any atom is -0.493 e. The average Bonchev–Trinajstić information content (AvgIpc) is 2.85. The van der Waals surface area contributed by atoms with E-state index in [0.29, 0.717) is 28.1 Å². The first-order valence-corrected chi connectivity index (χ1v) is 12.8. The van der Waals surface area contributed by atoms with Crippen LogP contribution in [0.15, 0.2) is 68.6 Å². The summed E-state index contributed by atoms with van der Waals surface area (Å²) in [4.78, 5) is 24.3. The van der Waals surface area contributed by atoms with Crippen molar-refractivity contribution in [3.05, 3.63) is 85.8 Å². The number of halogens is 2. The zero-order valence-electron chi connectivity index (χ0n) is 20.2. The summed E-state index contributed by atoms with van der Waals surface area (Å²) in [7, 11) is 1.56. The molecule has 3 aromatic carbocycles. The average molecular weight is 617 g/mol. The summed E-state index contributed by atoms with van der Waals surface area (Å²) >= 11 is 6.94. The number of rotatable bonds is 10. The highest BCUT2D eigenvalue weighted by atomic mass is 79.9. The van der Waals surface area contributed by atoms with Gasteiger partial charge in [0.05, 0.1) is 17.8 Å². The molecular formula is C27H27Br2N3O4. The Morgan fingerprint density at radius 2 is 1.69 bits per heavy atom. The van der Waals surface area contributed by atoms with Gasteiger partial charge in [0, 0.05) is 23.0 Å². The van der Waals surface area contributed by atoms with E-state index < -0.39 is 0 Å². The first-order valence-electron chi connectivity index (χ1n) is 11.2. The van der Waals surface area contributed by atoms with E-state index >= 15 is 0 Å². The summed E-state index contributed by atoms with van der Waals surface area (Å²) in [6.45, 7) is 4.26. The van der Waals surface area contributed by atoms with Crippen LogP contribution in [-0.2, 0) is 16.2 Å². The summed E-state index contributed by atoms with van der Waals surface area (Å²) in [6.07, 6.45) is 1.57. The van der Waals surface area contributed by atoms with E-state index in [0.717, 1.165) is 26.9 Å². The lowest BCUT2D eigenvalue weighted by atomic mass is 10.1. The Bertz CT molecular complexity index is 1260. The molecule has 0 saturated heterocycles. The molecule has 0 aliphatic rings. The highest BCUT2D eigenvalue weighted by Crippen LogP contribution is 2.37. The first-order chi connectivity index (χ1) is 17.2. The van der Waals surface area contributed by atoms with Gasteiger partial charge in [-0.2, -0.15) is 5.10 Å². The third-order valence-corrected chi connectivity index (χ3v) is 6.32. The van der Waals surface area contributed by atoms with Gasteiger partial charge in [-0.3, -0.25) is 9.59 Å². The van der Waals surface area contributed by atoms with E-state index in [1.165, 1.54) is 6.21 Å². The van der Waals surface area contributed by atoms with Crippen LogP contribution >= 0.6 is 31.9 Å². The Balaban J connectivity index is 1.52. The minimum absolute atomic E-state index is 0.0177. The van der Waals surface area contributed by atoms with Crippen LogP contribution in [0.5, 0.6) is 11.5 Å². The molecule has 0 aliphatic carbocycles. The zero-order valence-corrected chi connectivity index (χ0v) is 23.4. The highest BCUT2D eigenvalue weighted by molar-refractivity contribution is 9.10. The number of hydrogen-bond donors (Lipinski definition) is 2. The number of ether oxygens (including phenoxy) is 2. The van der Waals surface area contributed by atoms with Crippen molar-refractivity contribution < 1.29 is 19.1 Å². The highest BCUT2D eigenvalue weighted by Gasteiger charge is 2.12. The van der Waals surface area contributed by atoms with Crippen molar-refractivity contribution in [2.45, 2.75) is 33.3 Å². The Labute approximate surface area is 227 Å². The van der Waals surface area contributed by atoms with Gasteiger partial charge in [-0.15, -0.1) is 0 Å². The van der Waals surface area contributed by atoms with Crippen LogP contribution in [0.1, 0.15) is 35.1 Å². The van der Waals surface area contributed by atoms with Crippen LogP contribution in [0.25, 0.3) is 0 Å². The second kappa shape index (κ2) is 13.2. The molecule has 0 unspecified atom stereocenters. The number of methoxy groups -OCH3 is 1. The molecule has 0 bridgehead atoms. The molecule has 0 aliphatic heterocycles. The number of carbonyl (C=O) groups excluding carboxylic acids is 2. The molecule has 2 N–H and O–H groups in total. The van der Waals surface area contributed by atoms with Gasteiger partial charge in [0.25, 0.3) is 0 Å². The zero-order chi connectivity index (χ0) is 26.1. The largest absolute Gasteiger partial charge is 0.493 e. The van der Waals surface area contributed by atoms with Crippen LogP contribution in [0, 0.1) is 13.8 Å². The Hall–Kier alpha value is -3.17. The number of amides is 2. The van der Waals surface area contributed by atoms with Crippen LogP contribution in [0.3, 0.4) is 0 Å². The molecule has 0 saturated carbocycles. The molecule has 0 fully saturated rings. The summed E-state index contributed by atoms with van der Waals surface area (Å²) in [5, 5.41) is 6.84. The van der Waals surface area contributed by atoms with Crippen molar-refractivity contribution >= 4 is 55.6 Å². The molecule has 36 heavy (non-hydrogen) atoms. The maximum Gasteiger partial charge on any atom is 0.240 e. The fraction of sp³-hybridized carbons (Fsp3) is 0.222. The van der Waals surface area contributed by atoms with Gasteiger partial charge in [0.2, 0.25) is 11.8 Å². The van der Waals surface area contributed by atoms with Gasteiger partial charge < -0.3 is 14.8 Å². The van der Waals surface area contributed by atoms with E-state index in [1.807, 2.05) is 62.4 Å². The fourth-order valence-electron chi connectivity index (χ4n) is 3.24. The summed E-state index contributed by atoms with van der Waals surface area (Å²) in [5.41, 5.74) is 6.94. The van der Waals surface area contributed by atoms with Crippen LogP contribution in [-0.4, -0.2) is 25.1 Å². The van der Waals surface area contributed by atoms with Gasteiger partial charge in [-0.25, -0.2) is 5.43 Å². The van der Waals surface area contributed by atoms with Crippen molar-refractivity contribution in [3.63, 3.8) is 0 Å². The lowest BCUT2D eigenvalue weighted by Crippen LogP contribution is -2.21. The molecule has 0 atom stereocenters. The SMILES string of the molecule is COc1cc(C=NNC(=O)CCC(=O)Nc2cc(C)ccc2C)cc(Br)c1OCc1ccc(Br)cc1. The van der Waals surface area contributed by atoms with Crippen LogP contribution < -0.4 is 20.2 Å². The van der Waals surface area contributed by atoms with Crippen LogP contribution in [0.2, 0.25) is 0 Å². The third kappa shape index (κ3) is 8.20. The molecule has 3 rings (SSSR count). The number of aryl methyl sites for hydroxylation is 2. The number of hydrazone groups is 1. The molecule has 9 heteroatoms. The number of nitrogens with zero attached hydrogens (tertiary/aromatic N) is 1. The predicted molar refractivity (Wildman–Crippen MR) is 149 cm³/mol. The van der Waals surface area contributed by atoms with Crippen molar-refractivity contribution in [3.8, 4) is 11.5 Å². The quantitative estimate of drug-likeness (QED) is 0.207. The summed E-state index contributed by atoms with van der Waals surface area (Å²) < 4.78 is 13.1. The third-order valence-electron chi connectivity index (χ3n) is 5.20. The lowest BCUT2D eigenvalue weighted by Gasteiger charge is -2.13. The van der Waals surface area contributed by atoms with E-state index in [4.69, 9.17) is 9.47 Å². The Kier molecular flexibility index (Phi) is 10.1. The molecule has 3 aromatic rings. The molecule has 0 aromatic heterocycles. The number of anilines is 1. The number of nitrogens with one attached hydrogen (secondary N) is 2. The van der Waals surface area contributed by atoms with Crippen molar-refractivity contribution in [2.75, 3.05) is 12.4 Å². The molecule has 0 heterocycles. The fourth-order valence-corrected chi connectivity index (χ4v) is 4.07. The summed E-state index contributed by atoms with van der Waals surface area (Å²) in [6, 6.07) is 17.3. The predicted octanol–water partition coefficient (Wildman–Crippen LogP) is 6.29. The van der Waals surface area contributed by atoms with E-state index in [9.17, 15) is 9.59 Å².